The van der Waals surface area contributed by atoms with Gasteiger partial charge in [0.25, 0.3) is 0 Å². The summed E-state index contributed by atoms with van der Waals surface area (Å²) in [7, 11) is 0. The minimum Gasteiger partial charge on any atom is -0.483 e. The molecule has 0 radical (unpaired) electrons. The lowest BCUT2D eigenvalue weighted by molar-refractivity contribution is -0.118. The van der Waals surface area contributed by atoms with Gasteiger partial charge in [0.05, 0.1) is 6.20 Å². The van der Waals surface area contributed by atoms with Gasteiger partial charge in [-0.15, -0.1) is 0 Å². The number of ether oxygens (including phenoxy) is 1. The van der Waals surface area contributed by atoms with Gasteiger partial charge in [0.15, 0.2) is 5.75 Å². The molecular weight excluding hydrogens is 268 g/mol. The first-order chi connectivity index (χ1) is 9.95. The maximum atomic E-state index is 11.9. The number of carbonyl (C=O) groups excluding carboxylic acids is 1. The number of amides is 1. The van der Waals surface area contributed by atoms with Gasteiger partial charge in [-0.2, -0.15) is 0 Å². The van der Waals surface area contributed by atoms with Crippen LogP contribution in [-0.4, -0.2) is 10.5 Å². The van der Waals surface area contributed by atoms with Gasteiger partial charge in [0.2, 0.25) is 11.3 Å². The van der Waals surface area contributed by atoms with Crippen molar-refractivity contribution in [3.05, 3.63) is 63.6 Å². The number of rotatable bonds is 5. The summed E-state index contributed by atoms with van der Waals surface area (Å²) in [5.41, 5.74) is 7.78. The summed E-state index contributed by atoms with van der Waals surface area (Å²) in [5, 5.41) is 0. The van der Waals surface area contributed by atoms with Gasteiger partial charge in [-0.1, -0.05) is 29.8 Å². The quantitative estimate of drug-likeness (QED) is 0.905. The van der Waals surface area contributed by atoms with E-state index in [9.17, 15) is 9.59 Å². The molecule has 2 N–H and O–H groups in total. The maximum Gasteiger partial charge on any atom is 0.237 e. The fraction of sp³-hybridized carbons (Fsp3) is 0.250. The molecule has 1 aromatic heterocycles. The van der Waals surface area contributed by atoms with Gasteiger partial charge in [-0.3, -0.25) is 9.59 Å². The molecule has 0 aliphatic rings. The molecule has 0 unspecified atom stereocenters. The number of nitrogens with zero attached hydrogens (tertiary/aromatic N) is 1. The number of hydrogen-bond donors (Lipinski definition) is 1. The second kappa shape index (κ2) is 6.26. The zero-order chi connectivity index (χ0) is 15.4. The van der Waals surface area contributed by atoms with E-state index in [-0.39, 0.29) is 17.7 Å². The predicted molar refractivity (Wildman–Crippen MR) is 80.1 cm³/mol. The number of hydrogen-bond acceptors (Lipinski definition) is 3. The van der Waals surface area contributed by atoms with Crippen LogP contribution in [0.1, 0.15) is 16.8 Å². The Kier molecular flexibility index (Phi) is 4.42. The average molecular weight is 286 g/mol. The van der Waals surface area contributed by atoms with Crippen LogP contribution < -0.4 is 15.9 Å². The number of pyridine rings is 1. The van der Waals surface area contributed by atoms with Crippen molar-refractivity contribution in [1.82, 2.24) is 4.57 Å². The number of nitrogens with two attached hydrogens (primary N) is 1. The molecule has 5 nitrogen and oxygen atoms in total. The molecule has 1 amide bonds. The summed E-state index contributed by atoms with van der Waals surface area (Å²) in [6.07, 6.45) is 1.52. The molecule has 1 aromatic carbocycles. The predicted octanol–water partition coefficient (Wildman–Crippen LogP) is 1.53. The Labute approximate surface area is 123 Å². The Morgan fingerprint density at radius 2 is 1.90 bits per heavy atom. The summed E-state index contributed by atoms with van der Waals surface area (Å²) < 4.78 is 7.16. The van der Waals surface area contributed by atoms with Crippen LogP contribution in [-0.2, 0) is 17.9 Å². The van der Waals surface area contributed by atoms with Crippen molar-refractivity contribution in [3.8, 4) is 5.75 Å². The second-order valence-corrected chi connectivity index (χ2v) is 5.01. The molecule has 1 heterocycles. The van der Waals surface area contributed by atoms with Crippen molar-refractivity contribution in [2.45, 2.75) is 27.0 Å². The van der Waals surface area contributed by atoms with Crippen molar-refractivity contribution in [3.63, 3.8) is 0 Å². The highest BCUT2D eigenvalue weighted by Crippen LogP contribution is 2.10. The average Bonchev–Trinajstić information content (AvgIpc) is 2.42. The summed E-state index contributed by atoms with van der Waals surface area (Å²) in [4.78, 5) is 22.9. The van der Waals surface area contributed by atoms with Crippen LogP contribution in [0.5, 0.6) is 5.75 Å². The normalized spacial score (nSPS) is 10.4. The summed E-state index contributed by atoms with van der Waals surface area (Å²) in [6, 6.07) is 9.31. The molecular formula is C16H18N2O3. The highest BCUT2D eigenvalue weighted by atomic mass is 16.5. The van der Waals surface area contributed by atoms with Crippen molar-refractivity contribution in [1.29, 1.82) is 0 Å². The van der Waals surface area contributed by atoms with Crippen molar-refractivity contribution >= 4 is 5.91 Å². The molecule has 2 rings (SSSR count). The Morgan fingerprint density at radius 1 is 1.24 bits per heavy atom. The van der Waals surface area contributed by atoms with E-state index in [2.05, 4.69) is 0 Å². The summed E-state index contributed by atoms with van der Waals surface area (Å²) >= 11 is 0. The topological polar surface area (TPSA) is 74.3 Å². The van der Waals surface area contributed by atoms with E-state index in [0.29, 0.717) is 12.3 Å². The van der Waals surface area contributed by atoms with E-state index in [1.807, 2.05) is 31.2 Å². The van der Waals surface area contributed by atoms with E-state index >= 15 is 0 Å². The largest absolute Gasteiger partial charge is 0.483 e. The van der Waals surface area contributed by atoms with Gasteiger partial charge >= 0.3 is 0 Å². The van der Waals surface area contributed by atoms with Crippen LogP contribution >= 0.6 is 0 Å². The SMILES string of the molecule is Cc1ccc(COc2cn(CC(N)=O)c(C)cc2=O)cc1. The van der Waals surface area contributed by atoms with E-state index in [0.717, 1.165) is 11.1 Å². The van der Waals surface area contributed by atoms with E-state index < -0.39 is 5.91 Å². The molecule has 0 fully saturated rings. The third-order valence-corrected chi connectivity index (χ3v) is 3.15. The third-order valence-electron chi connectivity index (χ3n) is 3.15. The zero-order valence-electron chi connectivity index (χ0n) is 12.1. The third kappa shape index (κ3) is 3.95. The Hall–Kier alpha value is -2.56. The molecule has 0 spiro atoms. The van der Waals surface area contributed by atoms with Crippen LogP contribution in [0.3, 0.4) is 0 Å². The smallest absolute Gasteiger partial charge is 0.237 e. The van der Waals surface area contributed by atoms with Crippen LogP contribution in [0.25, 0.3) is 0 Å². The van der Waals surface area contributed by atoms with Crippen LogP contribution in [0.4, 0.5) is 0 Å². The molecule has 0 aliphatic heterocycles. The number of aromatic nitrogens is 1. The highest BCUT2D eigenvalue weighted by Gasteiger charge is 2.07. The van der Waals surface area contributed by atoms with Crippen molar-refractivity contribution < 1.29 is 9.53 Å². The highest BCUT2D eigenvalue weighted by molar-refractivity contribution is 5.73. The molecule has 0 aliphatic carbocycles. The first kappa shape index (κ1) is 14.8. The first-order valence-corrected chi connectivity index (χ1v) is 6.63. The summed E-state index contributed by atoms with van der Waals surface area (Å²) in [5.74, 6) is -0.256. The standard InChI is InChI=1S/C16H18N2O3/c1-11-3-5-13(6-4-11)10-21-15-8-18(9-16(17)20)12(2)7-14(15)19/h3-8H,9-10H2,1-2H3,(H2,17,20). The molecule has 2 aromatic rings. The van der Waals surface area contributed by atoms with E-state index in [1.54, 1.807) is 11.5 Å². The minimum atomic E-state index is -0.466. The molecule has 0 saturated heterocycles. The fourth-order valence-electron chi connectivity index (χ4n) is 1.94. The maximum absolute atomic E-state index is 11.9. The number of primary amides is 1. The Balaban J connectivity index is 2.17. The Morgan fingerprint density at radius 3 is 2.52 bits per heavy atom. The molecule has 110 valence electrons. The van der Waals surface area contributed by atoms with Crippen LogP contribution in [0, 0.1) is 13.8 Å². The molecule has 21 heavy (non-hydrogen) atoms. The number of benzene rings is 1. The van der Waals surface area contributed by atoms with Crippen molar-refractivity contribution in [2.24, 2.45) is 5.73 Å². The first-order valence-electron chi connectivity index (χ1n) is 6.63. The van der Waals surface area contributed by atoms with Gasteiger partial charge in [0, 0.05) is 11.8 Å². The van der Waals surface area contributed by atoms with E-state index in [4.69, 9.17) is 10.5 Å². The monoisotopic (exact) mass is 286 g/mol. The molecule has 0 saturated carbocycles. The molecule has 0 atom stereocenters. The lowest BCUT2D eigenvalue weighted by Crippen LogP contribution is -2.22. The van der Waals surface area contributed by atoms with Gasteiger partial charge < -0.3 is 15.0 Å². The van der Waals surface area contributed by atoms with Crippen LogP contribution in [0.2, 0.25) is 0 Å². The van der Waals surface area contributed by atoms with Gasteiger partial charge in [0.1, 0.15) is 13.2 Å². The fourth-order valence-corrected chi connectivity index (χ4v) is 1.94. The lowest BCUT2D eigenvalue weighted by Gasteiger charge is -2.12. The number of carbonyl (C=O) groups is 1. The van der Waals surface area contributed by atoms with Crippen LogP contribution in [0.15, 0.2) is 41.3 Å². The van der Waals surface area contributed by atoms with Crippen molar-refractivity contribution in [2.75, 3.05) is 0 Å². The van der Waals surface area contributed by atoms with Gasteiger partial charge in [-0.05, 0) is 19.4 Å². The van der Waals surface area contributed by atoms with Gasteiger partial charge in [-0.25, -0.2) is 0 Å². The Bertz CT molecular complexity index is 702. The lowest BCUT2D eigenvalue weighted by atomic mass is 10.2. The van der Waals surface area contributed by atoms with E-state index in [1.165, 1.54) is 12.3 Å². The number of aryl methyl sites for hydroxylation is 2. The molecule has 5 heteroatoms. The minimum absolute atomic E-state index is 0.0208. The zero-order valence-corrected chi connectivity index (χ0v) is 12.1. The summed E-state index contributed by atoms with van der Waals surface area (Å²) in [6.45, 7) is 4.07. The molecule has 0 bridgehead atoms. The second-order valence-electron chi connectivity index (χ2n) is 5.01.